The zero-order valence-electron chi connectivity index (χ0n) is 12.5. The van der Waals surface area contributed by atoms with Crippen molar-refractivity contribution < 1.29 is 19.4 Å². The van der Waals surface area contributed by atoms with Crippen LogP contribution >= 0.6 is 0 Å². The van der Waals surface area contributed by atoms with Crippen LogP contribution in [0.25, 0.3) is 0 Å². The van der Waals surface area contributed by atoms with Gasteiger partial charge in [0.05, 0.1) is 19.7 Å². The van der Waals surface area contributed by atoms with E-state index in [2.05, 4.69) is 9.72 Å². The number of benzene rings is 1. The van der Waals surface area contributed by atoms with E-state index in [1.165, 1.54) is 13.3 Å². The van der Waals surface area contributed by atoms with Gasteiger partial charge in [-0.05, 0) is 5.56 Å². The Morgan fingerprint density at radius 3 is 2.59 bits per heavy atom. The molecule has 1 atom stereocenters. The fraction of sp³-hybridized carbons (Fsp3) is 0.312. The van der Waals surface area contributed by atoms with E-state index < -0.39 is 5.97 Å². The molecule has 0 aliphatic heterocycles. The molecule has 0 aliphatic carbocycles. The largest absolute Gasteiger partial charge is 0.477 e. The van der Waals surface area contributed by atoms with E-state index in [9.17, 15) is 14.7 Å². The van der Waals surface area contributed by atoms with Crippen molar-refractivity contribution in [3.05, 3.63) is 53.6 Å². The van der Waals surface area contributed by atoms with Gasteiger partial charge in [0.2, 0.25) is 0 Å². The number of carbonyl (C=O) groups excluding carboxylic acids is 1. The summed E-state index contributed by atoms with van der Waals surface area (Å²) in [5, 5.41) is 9.28. The Hall–Kier alpha value is -2.63. The van der Waals surface area contributed by atoms with Gasteiger partial charge in [-0.25, -0.2) is 9.78 Å². The van der Waals surface area contributed by atoms with E-state index in [-0.39, 0.29) is 30.5 Å². The summed E-state index contributed by atoms with van der Waals surface area (Å²) in [6, 6.07) is 9.69. The molecule has 0 aliphatic rings. The van der Waals surface area contributed by atoms with Gasteiger partial charge in [-0.2, -0.15) is 0 Å². The Morgan fingerprint density at radius 2 is 2.00 bits per heavy atom. The maximum atomic E-state index is 11.3. The summed E-state index contributed by atoms with van der Waals surface area (Å²) in [4.78, 5) is 26.9. The minimum Gasteiger partial charge on any atom is -0.477 e. The second-order valence-corrected chi connectivity index (χ2v) is 4.92. The van der Waals surface area contributed by atoms with Crippen molar-refractivity contribution in [2.75, 3.05) is 7.11 Å². The maximum absolute atomic E-state index is 11.3. The third-order valence-electron chi connectivity index (χ3n) is 3.56. The summed E-state index contributed by atoms with van der Waals surface area (Å²) in [5.74, 6) is -0.910. The lowest BCUT2D eigenvalue weighted by atomic mass is 10.0. The van der Waals surface area contributed by atoms with Crippen LogP contribution in [-0.4, -0.2) is 33.7 Å². The molecule has 0 radical (unpaired) electrons. The Bertz CT molecular complexity index is 664. The summed E-state index contributed by atoms with van der Waals surface area (Å²) >= 11 is 0. The fourth-order valence-corrected chi connectivity index (χ4v) is 2.34. The lowest BCUT2D eigenvalue weighted by Crippen LogP contribution is -2.16. The van der Waals surface area contributed by atoms with E-state index in [1.807, 2.05) is 37.3 Å². The fourth-order valence-electron chi connectivity index (χ4n) is 2.34. The lowest BCUT2D eigenvalue weighted by molar-refractivity contribution is -0.140. The van der Waals surface area contributed by atoms with Crippen molar-refractivity contribution in [2.45, 2.75) is 25.8 Å². The molecule has 2 aromatic rings. The van der Waals surface area contributed by atoms with Gasteiger partial charge in [-0.15, -0.1) is 0 Å². The van der Waals surface area contributed by atoms with Gasteiger partial charge in [0, 0.05) is 12.5 Å². The molecule has 0 saturated heterocycles. The molecule has 22 heavy (non-hydrogen) atoms. The number of imidazole rings is 1. The summed E-state index contributed by atoms with van der Waals surface area (Å²) in [6.07, 6.45) is 1.43. The van der Waals surface area contributed by atoms with E-state index in [4.69, 9.17) is 0 Å². The van der Waals surface area contributed by atoms with Crippen LogP contribution < -0.4 is 0 Å². The SMILES string of the molecule is COC(=O)CCn1c(C(=O)O)cnc1[C@H](C)c1ccccc1. The molecule has 1 heterocycles. The number of rotatable bonds is 6. The average Bonchev–Trinajstić information content (AvgIpc) is 2.96. The number of carboxylic acid groups (broad SMARTS) is 1. The minimum atomic E-state index is -1.07. The highest BCUT2D eigenvalue weighted by molar-refractivity contribution is 5.85. The zero-order chi connectivity index (χ0) is 16.1. The van der Waals surface area contributed by atoms with Crippen LogP contribution in [0, 0.1) is 0 Å². The highest BCUT2D eigenvalue weighted by Gasteiger charge is 2.21. The Labute approximate surface area is 128 Å². The second-order valence-electron chi connectivity index (χ2n) is 4.92. The molecule has 6 heteroatoms. The van der Waals surface area contributed by atoms with Crippen molar-refractivity contribution >= 4 is 11.9 Å². The van der Waals surface area contributed by atoms with Gasteiger partial charge >= 0.3 is 11.9 Å². The van der Waals surface area contributed by atoms with E-state index >= 15 is 0 Å². The molecule has 116 valence electrons. The number of carboxylic acids is 1. The number of esters is 1. The van der Waals surface area contributed by atoms with Crippen LogP contribution in [0.1, 0.15) is 41.1 Å². The van der Waals surface area contributed by atoms with Crippen LogP contribution in [0.4, 0.5) is 0 Å². The molecule has 0 fully saturated rings. The first kappa shape index (κ1) is 15.8. The van der Waals surface area contributed by atoms with Crippen LogP contribution in [-0.2, 0) is 16.1 Å². The Kier molecular flexibility index (Phi) is 4.93. The molecule has 0 amide bonds. The van der Waals surface area contributed by atoms with E-state index in [0.717, 1.165) is 5.56 Å². The van der Waals surface area contributed by atoms with Crippen molar-refractivity contribution in [1.29, 1.82) is 0 Å². The number of methoxy groups -OCH3 is 1. The van der Waals surface area contributed by atoms with Crippen LogP contribution in [0.15, 0.2) is 36.5 Å². The Balaban J connectivity index is 2.34. The van der Waals surface area contributed by atoms with E-state index in [1.54, 1.807) is 4.57 Å². The number of hydrogen-bond donors (Lipinski definition) is 1. The summed E-state index contributed by atoms with van der Waals surface area (Å²) < 4.78 is 6.18. The summed E-state index contributed by atoms with van der Waals surface area (Å²) in [5.41, 5.74) is 1.10. The number of hydrogen-bond acceptors (Lipinski definition) is 4. The topological polar surface area (TPSA) is 81.4 Å². The highest BCUT2D eigenvalue weighted by Crippen LogP contribution is 2.24. The lowest BCUT2D eigenvalue weighted by Gasteiger charge is -2.15. The molecule has 1 aromatic carbocycles. The third kappa shape index (κ3) is 3.33. The molecular formula is C16H18N2O4. The first-order valence-corrected chi connectivity index (χ1v) is 6.95. The van der Waals surface area contributed by atoms with Crippen molar-refractivity contribution in [2.24, 2.45) is 0 Å². The van der Waals surface area contributed by atoms with Crippen molar-refractivity contribution in [1.82, 2.24) is 9.55 Å². The maximum Gasteiger partial charge on any atom is 0.354 e. The van der Waals surface area contributed by atoms with Crippen LogP contribution in [0.5, 0.6) is 0 Å². The predicted molar refractivity (Wildman–Crippen MR) is 79.8 cm³/mol. The predicted octanol–water partition coefficient (Wildman–Crippen LogP) is 2.30. The Morgan fingerprint density at radius 1 is 1.32 bits per heavy atom. The molecule has 0 bridgehead atoms. The summed E-state index contributed by atoms with van der Waals surface area (Å²) in [6.45, 7) is 2.18. The van der Waals surface area contributed by atoms with Crippen molar-refractivity contribution in [3.8, 4) is 0 Å². The van der Waals surface area contributed by atoms with Crippen molar-refractivity contribution in [3.63, 3.8) is 0 Å². The third-order valence-corrected chi connectivity index (χ3v) is 3.56. The standard InChI is InChI=1S/C16H18N2O4/c1-11(12-6-4-3-5-7-12)15-17-10-13(16(20)21)18(15)9-8-14(19)22-2/h3-7,10-11H,8-9H2,1-2H3,(H,20,21)/t11-/m1/s1. The monoisotopic (exact) mass is 302 g/mol. The average molecular weight is 302 g/mol. The first-order chi connectivity index (χ1) is 10.5. The number of aromatic carboxylic acids is 1. The summed E-state index contributed by atoms with van der Waals surface area (Å²) in [7, 11) is 1.31. The molecule has 6 nitrogen and oxygen atoms in total. The van der Waals surface area contributed by atoms with Crippen LogP contribution in [0.3, 0.4) is 0 Å². The van der Waals surface area contributed by atoms with Crippen LogP contribution in [0.2, 0.25) is 0 Å². The minimum absolute atomic E-state index is 0.0710. The van der Waals surface area contributed by atoms with Gasteiger partial charge in [-0.3, -0.25) is 4.79 Å². The van der Waals surface area contributed by atoms with Gasteiger partial charge in [0.1, 0.15) is 11.5 Å². The highest BCUT2D eigenvalue weighted by atomic mass is 16.5. The quantitative estimate of drug-likeness (QED) is 0.828. The number of aromatic nitrogens is 2. The van der Waals surface area contributed by atoms with Gasteiger partial charge < -0.3 is 14.4 Å². The number of carbonyl (C=O) groups is 2. The molecule has 0 spiro atoms. The first-order valence-electron chi connectivity index (χ1n) is 6.95. The number of nitrogens with zero attached hydrogens (tertiary/aromatic N) is 2. The molecule has 0 unspecified atom stereocenters. The smallest absolute Gasteiger partial charge is 0.354 e. The normalized spacial score (nSPS) is 11.9. The molecule has 0 saturated carbocycles. The molecular weight excluding hydrogens is 284 g/mol. The van der Waals surface area contributed by atoms with Gasteiger partial charge in [-0.1, -0.05) is 37.3 Å². The molecule has 1 aromatic heterocycles. The second kappa shape index (κ2) is 6.89. The van der Waals surface area contributed by atoms with E-state index in [0.29, 0.717) is 5.82 Å². The number of ether oxygens (including phenoxy) is 1. The molecule has 1 N–H and O–H groups in total. The zero-order valence-corrected chi connectivity index (χ0v) is 12.5. The molecule has 2 rings (SSSR count). The van der Waals surface area contributed by atoms with Gasteiger partial charge in [0.15, 0.2) is 0 Å². The van der Waals surface area contributed by atoms with Gasteiger partial charge in [0.25, 0.3) is 0 Å².